The van der Waals surface area contributed by atoms with Gasteiger partial charge in [-0.3, -0.25) is 9.79 Å². The van der Waals surface area contributed by atoms with Crippen molar-refractivity contribution in [2.75, 3.05) is 32.7 Å². The summed E-state index contributed by atoms with van der Waals surface area (Å²) < 4.78 is 0. The number of hydrogen-bond acceptors (Lipinski definition) is 5. The summed E-state index contributed by atoms with van der Waals surface area (Å²) in [6.07, 6.45) is 0.490. The van der Waals surface area contributed by atoms with Crippen LogP contribution in [0.5, 0.6) is 0 Å². The number of amides is 1. The molecule has 0 radical (unpaired) electrons. The van der Waals surface area contributed by atoms with Crippen molar-refractivity contribution in [3.63, 3.8) is 0 Å². The number of nitrogens with zero attached hydrogens (tertiary/aromatic N) is 3. The number of aliphatic hydroxyl groups is 1. The molecule has 1 aromatic heterocycles. The average Bonchev–Trinajstić information content (AvgIpc) is 3.10. The van der Waals surface area contributed by atoms with E-state index in [0.717, 1.165) is 31.2 Å². The largest absolute Gasteiger partial charge is 0.391 e. The molecule has 1 aliphatic rings. The fourth-order valence-electron chi connectivity index (χ4n) is 2.29. The van der Waals surface area contributed by atoms with Crippen LogP contribution < -0.4 is 10.6 Å². The van der Waals surface area contributed by atoms with E-state index >= 15 is 0 Å². The van der Waals surface area contributed by atoms with Gasteiger partial charge >= 0.3 is 0 Å². The van der Waals surface area contributed by atoms with Gasteiger partial charge in [0.05, 0.1) is 23.9 Å². The number of aryl methyl sites for hydroxylation is 1. The molecule has 1 saturated heterocycles. The number of carbonyl (C=O) groups is 1. The highest BCUT2D eigenvalue weighted by atomic mass is 127. The summed E-state index contributed by atoms with van der Waals surface area (Å²) in [6, 6.07) is 0. The molecule has 0 unspecified atom stereocenters. The van der Waals surface area contributed by atoms with Gasteiger partial charge in [-0.1, -0.05) is 0 Å². The van der Waals surface area contributed by atoms with Crippen molar-refractivity contribution >= 4 is 47.2 Å². The number of rotatable bonds is 5. The third-order valence-electron chi connectivity index (χ3n) is 3.41. The summed E-state index contributed by atoms with van der Waals surface area (Å²) >= 11 is 1.34. The molecule has 1 atom stereocenters. The first-order chi connectivity index (χ1) is 10.6. The predicted octanol–water partition coefficient (Wildman–Crippen LogP) is 0.831. The molecule has 1 aliphatic heterocycles. The van der Waals surface area contributed by atoms with Crippen LogP contribution >= 0.6 is 35.3 Å². The normalized spacial score (nSPS) is 17.8. The standard InChI is InChI=1S/C14H23N5O2S.HI/c1-3-15-14(19-7-4-11(20)8-19)17-6-5-16-13(21)12-10(2)18-9-22-12;/h9,11,20H,3-8H2,1-2H3,(H,15,17)(H,16,21);1H/t11-;/m1./s1. The number of aliphatic imine (C=N–C) groups is 1. The molecule has 1 amide bonds. The fourth-order valence-corrected chi connectivity index (χ4v) is 3.01. The number of β-amino-alcohol motifs (C(OH)–C–C–N with tert-alkyl or cyclic N) is 1. The van der Waals surface area contributed by atoms with Crippen LogP contribution in [-0.4, -0.2) is 65.7 Å². The van der Waals surface area contributed by atoms with Gasteiger partial charge in [-0.2, -0.15) is 0 Å². The zero-order valence-corrected chi connectivity index (χ0v) is 16.6. The maximum Gasteiger partial charge on any atom is 0.263 e. The Morgan fingerprint density at radius 3 is 2.91 bits per heavy atom. The van der Waals surface area contributed by atoms with E-state index in [9.17, 15) is 9.90 Å². The van der Waals surface area contributed by atoms with E-state index in [4.69, 9.17) is 0 Å². The molecule has 0 aromatic carbocycles. The highest BCUT2D eigenvalue weighted by Crippen LogP contribution is 2.11. The van der Waals surface area contributed by atoms with E-state index in [-0.39, 0.29) is 36.0 Å². The van der Waals surface area contributed by atoms with Crippen molar-refractivity contribution in [1.29, 1.82) is 0 Å². The molecule has 0 spiro atoms. The maximum absolute atomic E-state index is 11.9. The van der Waals surface area contributed by atoms with Crippen molar-refractivity contribution in [3.8, 4) is 0 Å². The van der Waals surface area contributed by atoms with Gasteiger partial charge in [0.1, 0.15) is 4.88 Å². The maximum atomic E-state index is 11.9. The number of halogens is 1. The summed E-state index contributed by atoms with van der Waals surface area (Å²) in [7, 11) is 0. The molecule has 7 nitrogen and oxygen atoms in total. The highest BCUT2D eigenvalue weighted by Gasteiger charge is 2.22. The van der Waals surface area contributed by atoms with E-state index in [1.54, 1.807) is 5.51 Å². The van der Waals surface area contributed by atoms with Crippen LogP contribution in [0, 0.1) is 6.92 Å². The van der Waals surface area contributed by atoms with Crippen LogP contribution in [0.2, 0.25) is 0 Å². The minimum atomic E-state index is -0.280. The SMILES string of the molecule is CCNC(=NCCNC(=O)c1scnc1C)N1CC[C@@H](O)C1.I. The van der Waals surface area contributed by atoms with E-state index in [2.05, 4.69) is 20.6 Å². The highest BCUT2D eigenvalue weighted by molar-refractivity contribution is 14.0. The van der Waals surface area contributed by atoms with Gasteiger partial charge in [-0.15, -0.1) is 35.3 Å². The topological polar surface area (TPSA) is 89.8 Å². The molecule has 0 saturated carbocycles. The third kappa shape index (κ3) is 5.88. The van der Waals surface area contributed by atoms with Crippen LogP contribution in [0.1, 0.15) is 28.7 Å². The van der Waals surface area contributed by atoms with Crippen molar-refractivity contribution in [3.05, 3.63) is 16.1 Å². The molecular weight excluding hydrogens is 429 g/mol. The van der Waals surface area contributed by atoms with Crippen molar-refractivity contribution < 1.29 is 9.90 Å². The quantitative estimate of drug-likeness (QED) is 0.266. The number of aliphatic hydroxyl groups excluding tert-OH is 1. The first-order valence-corrected chi connectivity index (χ1v) is 8.39. The molecule has 1 aromatic rings. The molecular formula is C14H24IN5O2S. The second kappa shape index (κ2) is 10.0. The van der Waals surface area contributed by atoms with Gasteiger partial charge in [-0.05, 0) is 20.3 Å². The van der Waals surface area contributed by atoms with Gasteiger partial charge in [0, 0.05) is 26.2 Å². The first-order valence-electron chi connectivity index (χ1n) is 7.51. The van der Waals surface area contributed by atoms with Crippen molar-refractivity contribution in [1.82, 2.24) is 20.5 Å². The Kier molecular flexibility index (Phi) is 8.77. The second-order valence-electron chi connectivity index (χ2n) is 5.15. The smallest absolute Gasteiger partial charge is 0.263 e. The van der Waals surface area contributed by atoms with Crippen LogP contribution in [-0.2, 0) is 0 Å². The third-order valence-corrected chi connectivity index (χ3v) is 4.34. The minimum absolute atomic E-state index is 0. The monoisotopic (exact) mass is 453 g/mol. The van der Waals surface area contributed by atoms with E-state index in [1.165, 1.54) is 11.3 Å². The Bertz CT molecular complexity index is 537. The summed E-state index contributed by atoms with van der Waals surface area (Å²) in [6.45, 7) is 7.00. The lowest BCUT2D eigenvalue weighted by atomic mass is 10.3. The van der Waals surface area contributed by atoms with Gasteiger partial charge in [-0.25, -0.2) is 4.98 Å². The first kappa shape index (κ1) is 20.1. The summed E-state index contributed by atoms with van der Waals surface area (Å²) in [5.74, 6) is 0.694. The Morgan fingerprint density at radius 2 is 2.35 bits per heavy atom. The predicted molar refractivity (Wildman–Crippen MR) is 103 cm³/mol. The number of nitrogens with one attached hydrogen (secondary N) is 2. The molecule has 2 rings (SSSR count). The van der Waals surface area contributed by atoms with E-state index < -0.39 is 0 Å². The number of hydrogen-bond donors (Lipinski definition) is 3. The number of aromatic nitrogens is 1. The summed E-state index contributed by atoms with van der Waals surface area (Å²) in [5, 5.41) is 15.7. The van der Waals surface area contributed by atoms with Crippen LogP contribution in [0.25, 0.3) is 0 Å². The van der Waals surface area contributed by atoms with Crippen LogP contribution in [0.15, 0.2) is 10.5 Å². The van der Waals surface area contributed by atoms with Gasteiger partial charge in [0.2, 0.25) is 0 Å². The van der Waals surface area contributed by atoms with Gasteiger partial charge in [0.15, 0.2) is 5.96 Å². The Morgan fingerprint density at radius 1 is 1.57 bits per heavy atom. The second-order valence-corrected chi connectivity index (χ2v) is 6.00. The lowest BCUT2D eigenvalue weighted by Crippen LogP contribution is -2.41. The average molecular weight is 453 g/mol. The Labute approximate surface area is 157 Å². The zero-order valence-electron chi connectivity index (χ0n) is 13.4. The van der Waals surface area contributed by atoms with Crippen LogP contribution in [0.3, 0.4) is 0 Å². The zero-order chi connectivity index (χ0) is 15.9. The molecule has 2 heterocycles. The number of guanidine groups is 1. The minimum Gasteiger partial charge on any atom is -0.391 e. The van der Waals surface area contributed by atoms with E-state index in [1.807, 2.05) is 18.7 Å². The van der Waals surface area contributed by atoms with Crippen molar-refractivity contribution in [2.24, 2.45) is 4.99 Å². The Hall–Kier alpha value is -0.940. The number of likely N-dealkylation sites (tertiary alicyclic amines) is 1. The van der Waals surface area contributed by atoms with Crippen molar-refractivity contribution in [2.45, 2.75) is 26.4 Å². The Balaban J connectivity index is 0.00000264. The molecule has 130 valence electrons. The summed E-state index contributed by atoms with van der Waals surface area (Å²) in [4.78, 5) is 23.2. The van der Waals surface area contributed by atoms with Crippen LogP contribution in [0.4, 0.5) is 0 Å². The number of carbonyl (C=O) groups excluding carboxylic acids is 1. The summed E-state index contributed by atoms with van der Waals surface area (Å²) in [5.41, 5.74) is 2.43. The fraction of sp³-hybridized carbons (Fsp3) is 0.643. The van der Waals surface area contributed by atoms with Gasteiger partial charge in [0.25, 0.3) is 5.91 Å². The molecule has 3 N–H and O–H groups in total. The van der Waals surface area contributed by atoms with Gasteiger partial charge < -0.3 is 20.6 Å². The molecule has 9 heteroatoms. The lowest BCUT2D eigenvalue weighted by molar-refractivity contribution is 0.0958. The molecule has 23 heavy (non-hydrogen) atoms. The number of thiazole rings is 1. The molecule has 0 bridgehead atoms. The molecule has 1 fully saturated rings. The lowest BCUT2D eigenvalue weighted by Gasteiger charge is -2.20. The van der Waals surface area contributed by atoms with E-state index in [0.29, 0.717) is 24.5 Å². The molecule has 0 aliphatic carbocycles.